The molecule has 43 heavy (non-hydrogen) atoms. The Balaban J connectivity index is 1.21. The Morgan fingerprint density at radius 2 is 1.65 bits per heavy atom. The summed E-state index contributed by atoms with van der Waals surface area (Å²) in [6.45, 7) is 6.03. The number of aromatic amines is 1. The maximum absolute atomic E-state index is 13.3. The molecule has 2 aromatic heterocycles. The van der Waals surface area contributed by atoms with Gasteiger partial charge in [0.25, 0.3) is 0 Å². The molecule has 6 rings (SSSR count). The van der Waals surface area contributed by atoms with E-state index in [1.165, 1.54) is 12.1 Å². The van der Waals surface area contributed by atoms with Gasteiger partial charge in [0.2, 0.25) is 5.82 Å². The number of anilines is 1. The van der Waals surface area contributed by atoms with Crippen LogP contribution in [0.3, 0.4) is 0 Å². The molecule has 0 atom stereocenters. The lowest BCUT2D eigenvalue weighted by atomic mass is 9.98. The number of nitrogens with one attached hydrogen (secondary N) is 1. The number of benzene rings is 3. The summed E-state index contributed by atoms with van der Waals surface area (Å²) in [5, 5.41) is 24.8. The summed E-state index contributed by atoms with van der Waals surface area (Å²) in [6, 6.07) is 22.6. The van der Waals surface area contributed by atoms with E-state index < -0.39 is 5.97 Å². The van der Waals surface area contributed by atoms with Crippen LogP contribution >= 0.6 is 0 Å². The van der Waals surface area contributed by atoms with Crippen LogP contribution in [0.25, 0.3) is 22.5 Å². The van der Waals surface area contributed by atoms with Gasteiger partial charge in [-0.2, -0.15) is 5.21 Å². The Kier molecular flexibility index (Phi) is 8.23. The molecule has 3 aromatic carbocycles. The maximum Gasteiger partial charge on any atom is 0.354 e. The lowest BCUT2D eigenvalue weighted by molar-refractivity contribution is 0.0682. The highest BCUT2D eigenvalue weighted by atomic mass is 19.1. The SMILES string of the molecule is CCCc1nc(CN2CCN(c3ccc(F)cc3)CC2)c(C(=O)O)n1Cc1ccc(-c2ccccc2-c2nn[nH]n2)cc1. The number of aryl methyl sites for hydroxylation is 1. The van der Waals surface area contributed by atoms with Crippen molar-refractivity contribution in [2.24, 2.45) is 0 Å². The van der Waals surface area contributed by atoms with Gasteiger partial charge >= 0.3 is 5.97 Å². The van der Waals surface area contributed by atoms with Crippen molar-refractivity contribution in [3.05, 3.63) is 101 Å². The zero-order chi connectivity index (χ0) is 29.8. The van der Waals surface area contributed by atoms with E-state index in [9.17, 15) is 14.3 Å². The quantitative estimate of drug-likeness (QED) is 0.240. The van der Waals surface area contributed by atoms with Crippen LogP contribution in [-0.2, 0) is 19.5 Å². The molecule has 5 aromatic rings. The van der Waals surface area contributed by atoms with Crippen LogP contribution in [0.2, 0.25) is 0 Å². The van der Waals surface area contributed by atoms with E-state index >= 15 is 0 Å². The lowest BCUT2D eigenvalue weighted by Crippen LogP contribution is -2.46. The molecule has 0 bridgehead atoms. The number of carboxylic acids is 1. The first-order valence-electron chi connectivity index (χ1n) is 14.5. The molecule has 0 aliphatic carbocycles. The molecule has 0 radical (unpaired) electrons. The molecule has 2 N–H and O–H groups in total. The van der Waals surface area contributed by atoms with Crippen LogP contribution in [0, 0.1) is 5.82 Å². The molecule has 1 aliphatic heterocycles. The van der Waals surface area contributed by atoms with Gasteiger partial charge in [-0.15, -0.1) is 10.2 Å². The van der Waals surface area contributed by atoms with E-state index in [4.69, 9.17) is 4.98 Å². The summed E-state index contributed by atoms with van der Waals surface area (Å²) >= 11 is 0. The Morgan fingerprint density at radius 1 is 0.930 bits per heavy atom. The Hall–Kier alpha value is -4.90. The van der Waals surface area contributed by atoms with Crippen LogP contribution in [0.1, 0.15) is 40.9 Å². The molecule has 3 heterocycles. The van der Waals surface area contributed by atoms with Gasteiger partial charge in [-0.1, -0.05) is 55.5 Å². The van der Waals surface area contributed by atoms with E-state index in [0.717, 1.165) is 66.4 Å². The smallest absolute Gasteiger partial charge is 0.354 e. The fraction of sp³-hybridized carbons (Fsp3) is 0.281. The summed E-state index contributed by atoms with van der Waals surface area (Å²) in [6.07, 6.45) is 1.55. The first-order valence-corrected chi connectivity index (χ1v) is 14.5. The maximum atomic E-state index is 13.3. The number of H-pyrrole nitrogens is 1. The number of nitrogens with zero attached hydrogens (tertiary/aromatic N) is 7. The van der Waals surface area contributed by atoms with Crippen molar-refractivity contribution in [1.82, 2.24) is 35.1 Å². The number of imidazole rings is 1. The van der Waals surface area contributed by atoms with Gasteiger partial charge < -0.3 is 14.6 Å². The average molecular weight is 581 g/mol. The van der Waals surface area contributed by atoms with E-state index in [2.05, 4.69) is 37.3 Å². The number of tetrazole rings is 1. The number of carbonyl (C=O) groups is 1. The topological polar surface area (TPSA) is 116 Å². The largest absolute Gasteiger partial charge is 0.477 e. The predicted octanol–water partition coefficient (Wildman–Crippen LogP) is 4.89. The number of hydrogen-bond donors (Lipinski definition) is 2. The fourth-order valence-corrected chi connectivity index (χ4v) is 5.69. The molecule has 0 saturated carbocycles. The highest BCUT2D eigenvalue weighted by Crippen LogP contribution is 2.30. The minimum Gasteiger partial charge on any atom is -0.477 e. The van der Waals surface area contributed by atoms with Crippen molar-refractivity contribution < 1.29 is 14.3 Å². The number of aromatic carboxylic acids is 1. The molecule has 0 unspecified atom stereocenters. The number of halogens is 1. The molecule has 1 aliphatic rings. The Labute approximate surface area is 248 Å². The minimum absolute atomic E-state index is 0.246. The molecule has 1 saturated heterocycles. The number of piperazine rings is 1. The van der Waals surface area contributed by atoms with Gasteiger partial charge in [0, 0.05) is 56.9 Å². The van der Waals surface area contributed by atoms with Crippen LogP contribution in [0.15, 0.2) is 72.8 Å². The Bertz CT molecular complexity index is 1680. The van der Waals surface area contributed by atoms with Crippen LogP contribution in [-0.4, -0.2) is 72.3 Å². The second-order valence-corrected chi connectivity index (χ2v) is 10.7. The summed E-state index contributed by atoms with van der Waals surface area (Å²) in [5.41, 5.74) is 5.68. The van der Waals surface area contributed by atoms with Crippen LogP contribution < -0.4 is 4.90 Å². The monoisotopic (exact) mass is 580 g/mol. The standard InChI is InChI=1S/C32H33FN8O2/c1-2-5-29-34-28(21-39-16-18-40(19-17-39)25-14-12-24(33)13-15-25)30(32(42)43)41(29)20-22-8-10-23(11-9-22)26-6-3-4-7-27(26)31-35-37-38-36-31/h3-4,6-15H,2,5,16-21H2,1H3,(H,42,43)(H,35,36,37,38). The second kappa shape index (κ2) is 12.5. The lowest BCUT2D eigenvalue weighted by Gasteiger charge is -2.35. The Morgan fingerprint density at radius 3 is 2.30 bits per heavy atom. The first-order chi connectivity index (χ1) is 21.0. The van der Waals surface area contributed by atoms with E-state index in [0.29, 0.717) is 31.0 Å². The molecule has 11 heteroatoms. The van der Waals surface area contributed by atoms with Crippen molar-refractivity contribution in [3.8, 4) is 22.5 Å². The summed E-state index contributed by atoms with van der Waals surface area (Å²) < 4.78 is 15.2. The minimum atomic E-state index is -0.972. The fourth-order valence-electron chi connectivity index (χ4n) is 5.69. The van der Waals surface area contributed by atoms with Gasteiger partial charge in [0.1, 0.15) is 11.6 Å². The molecular weight excluding hydrogens is 547 g/mol. The van der Waals surface area contributed by atoms with Crippen molar-refractivity contribution >= 4 is 11.7 Å². The molecule has 1 fully saturated rings. The third kappa shape index (κ3) is 6.17. The number of aromatic nitrogens is 6. The third-order valence-corrected chi connectivity index (χ3v) is 7.85. The zero-order valence-electron chi connectivity index (χ0n) is 23.9. The zero-order valence-corrected chi connectivity index (χ0v) is 23.9. The second-order valence-electron chi connectivity index (χ2n) is 10.7. The van der Waals surface area contributed by atoms with Crippen molar-refractivity contribution in [2.45, 2.75) is 32.9 Å². The van der Waals surface area contributed by atoms with Gasteiger partial charge in [-0.3, -0.25) is 4.90 Å². The number of carboxylic acid groups (broad SMARTS) is 1. The van der Waals surface area contributed by atoms with Gasteiger partial charge in [0.05, 0.1) is 5.69 Å². The summed E-state index contributed by atoms with van der Waals surface area (Å²) in [5.74, 6) is 0.0912. The number of rotatable bonds is 10. The normalized spacial score (nSPS) is 13.9. The molecule has 220 valence electrons. The van der Waals surface area contributed by atoms with Crippen molar-refractivity contribution in [1.29, 1.82) is 0 Å². The summed E-state index contributed by atoms with van der Waals surface area (Å²) in [4.78, 5) is 21.9. The van der Waals surface area contributed by atoms with Gasteiger partial charge in [0.15, 0.2) is 5.69 Å². The van der Waals surface area contributed by atoms with Gasteiger partial charge in [-0.05, 0) is 52.6 Å². The highest BCUT2D eigenvalue weighted by Gasteiger charge is 2.26. The van der Waals surface area contributed by atoms with Crippen LogP contribution in [0.5, 0.6) is 0 Å². The van der Waals surface area contributed by atoms with E-state index in [1.54, 1.807) is 12.1 Å². The van der Waals surface area contributed by atoms with Crippen LogP contribution in [0.4, 0.5) is 10.1 Å². The molecule has 0 spiro atoms. The molecule has 10 nitrogen and oxygen atoms in total. The van der Waals surface area contributed by atoms with Gasteiger partial charge in [-0.25, -0.2) is 14.2 Å². The summed E-state index contributed by atoms with van der Waals surface area (Å²) in [7, 11) is 0. The third-order valence-electron chi connectivity index (χ3n) is 7.85. The average Bonchev–Trinajstić information content (AvgIpc) is 3.67. The highest BCUT2D eigenvalue weighted by molar-refractivity contribution is 5.87. The van der Waals surface area contributed by atoms with E-state index in [1.807, 2.05) is 53.1 Å². The number of hydrogen-bond acceptors (Lipinski definition) is 7. The van der Waals surface area contributed by atoms with E-state index in [-0.39, 0.29) is 11.5 Å². The van der Waals surface area contributed by atoms with Crippen molar-refractivity contribution in [3.63, 3.8) is 0 Å². The first kappa shape index (κ1) is 28.2. The molecule has 0 amide bonds. The predicted molar refractivity (Wildman–Crippen MR) is 161 cm³/mol. The molecular formula is C32H33FN8O2. The van der Waals surface area contributed by atoms with Crippen molar-refractivity contribution in [2.75, 3.05) is 31.1 Å².